The van der Waals surface area contributed by atoms with E-state index in [2.05, 4.69) is 43.8 Å². The van der Waals surface area contributed by atoms with E-state index < -0.39 is 6.04 Å². The Kier molecular flexibility index (Phi) is 3.72. The van der Waals surface area contributed by atoms with Crippen molar-refractivity contribution in [3.63, 3.8) is 0 Å². The van der Waals surface area contributed by atoms with E-state index in [1.54, 1.807) is 6.92 Å². The summed E-state index contributed by atoms with van der Waals surface area (Å²) in [5, 5.41) is 2.62. The second kappa shape index (κ2) is 4.93. The Morgan fingerprint density at radius 3 is 2.88 bits per heavy atom. The van der Waals surface area contributed by atoms with E-state index in [0.29, 0.717) is 0 Å². The molecule has 0 radical (unpaired) electrons. The quantitative estimate of drug-likeness (QED) is 0.721. The lowest BCUT2D eigenvalue weighted by Gasteiger charge is -2.31. The van der Waals surface area contributed by atoms with Crippen LogP contribution in [0.1, 0.15) is 6.92 Å². The van der Waals surface area contributed by atoms with Crippen molar-refractivity contribution in [1.82, 2.24) is 5.32 Å². The van der Waals surface area contributed by atoms with Crippen molar-refractivity contribution in [1.29, 1.82) is 0 Å². The summed E-state index contributed by atoms with van der Waals surface area (Å²) in [6, 6.07) is 5.20. The van der Waals surface area contributed by atoms with Gasteiger partial charge >= 0.3 is 0 Å². The molecule has 1 saturated heterocycles. The first-order valence-corrected chi connectivity index (χ1v) is 6.92. The van der Waals surface area contributed by atoms with Gasteiger partial charge in [-0.25, -0.2) is 0 Å². The van der Waals surface area contributed by atoms with E-state index >= 15 is 0 Å². The number of anilines is 1. The van der Waals surface area contributed by atoms with Crippen LogP contribution in [0, 0.1) is 3.57 Å². The highest BCUT2D eigenvalue weighted by molar-refractivity contribution is 14.1. The number of amides is 2. The number of benzene rings is 1. The van der Waals surface area contributed by atoms with Gasteiger partial charge in [0.1, 0.15) is 12.6 Å². The minimum Gasteiger partial charge on any atom is -0.343 e. The largest absolute Gasteiger partial charge is 0.343 e. The Balaban J connectivity index is 2.41. The van der Waals surface area contributed by atoms with Crippen LogP contribution in [0.15, 0.2) is 22.7 Å². The molecule has 0 spiro atoms. The molecule has 1 aromatic rings. The molecule has 1 aliphatic rings. The third-order valence-corrected chi connectivity index (χ3v) is 3.92. The summed E-state index contributed by atoms with van der Waals surface area (Å²) in [4.78, 5) is 25.0. The molecule has 0 aromatic heterocycles. The molecular formula is C11H10BrIN2O2. The van der Waals surface area contributed by atoms with Gasteiger partial charge in [-0.05, 0) is 47.7 Å². The fourth-order valence-electron chi connectivity index (χ4n) is 1.70. The zero-order valence-corrected chi connectivity index (χ0v) is 12.8. The number of piperazine rings is 1. The first-order chi connectivity index (χ1) is 7.99. The molecule has 1 aliphatic heterocycles. The fraction of sp³-hybridized carbons (Fsp3) is 0.273. The Morgan fingerprint density at radius 1 is 1.47 bits per heavy atom. The number of hydrogen-bond donors (Lipinski definition) is 1. The molecule has 6 heteroatoms. The lowest BCUT2D eigenvalue weighted by molar-refractivity contribution is -0.130. The summed E-state index contributed by atoms with van der Waals surface area (Å²) in [6.45, 7) is 1.77. The van der Waals surface area contributed by atoms with Gasteiger partial charge in [-0.2, -0.15) is 0 Å². The van der Waals surface area contributed by atoms with Crippen LogP contribution < -0.4 is 10.2 Å². The zero-order valence-electron chi connectivity index (χ0n) is 9.04. The topological polar surface area (TPSA) is 49.4 Å². The van der Waals surface area contributed by atoms with Crippen LogP contribution in [0.25, 0.3) is 0 Å². The highest BCUT2D eigenvalue weighted by atomic mass is 127. The molecule has 2 rings (SSSR count). The SMILES string of the molecule is CC1NC(=O)CN(c2cc(Br)ccc2I)C1=O. The van der Waals surface area contributed by atoms with Crippen molar-refractivity contribution in [2.45, 2.75) is 13.0 Å². The average molecular weight is 409 g/mol. The van der Waals surface area contributed by atoms with Crippen LogP contribution in [-0.2, 0) is 9.59 Å². The number of rotatable bonds is 1. The Hall–Kier alpha value is -0.630. The second-order valence-corrected chi connectivity index (χ2v) is 5.89. The first kappa shape index (κ1) is 12.8. The summed E-state index contributed by atoms with van der Waals surface area (Å²) in [6.07, 6.45) is 0. The van der Waals surface area contributed by atoms with Crippen molar-refractivity contribution in [2.24, 2.45) is 0 Å². The van der Waals surface area contributed by atoms with Crippen molar-refractivity contribution >= 4 is 56.0 Å². The van der Waals surface area contributed by atoms with Gasteiger partial charge in [0, 0.05) is 8.04 Å². The normalized spacial score (nSPS) is 20.4. The smallest absolute Gasteiger partial charge is 0.249 e. The molecule has 0 bridgehead atoms. The summed E-state index contributed by atoms with van der Waals surface area (Å²) < 4.78 is 1.83. The van der Waals surface area contributed by atoms with E-state index in [1.807, 2.05) is 18.2 Å². The molecule has 1 unspecified atom stereocenters. The highest BCUT2D eigenvalue weighted by Gasteiger charge is 2.31. The van der Waals surface area contributed by atoms with E-state index in [4.69, 9.17) is 0 Å². The molecule has 1 atom stereocenters. The van der Waals surface area contributed by atoms with E-state index in [9.17, 15) is 9.59 Å². The molecule has 4 nitrogen and oxygen atoms in total. The summed E-state index contributed by atoms with van der Waals surface area (Å²) >= 11 is 5.53. The Morgan fingerprint density at radius 2 is 2.18 bits per heavy atom. The second-order valence-electron chi connectivity index (χ2n) is 3.81. The van der Waals surface area contributed by atoms with Crippen molar-refractivity contribution in [3.05, 3.63) is 26.2 Å². The zero-order chi connectivity index (χ0) is 12.6. The average Bonchev–Trinajstić information content (AvgIpc) is 2.27. The van der Waals surface area contributed by atoms with Gasteiger partial charge in [-0.3, -0.25) is 9.59 Å². The predicted octanol–water partition coefficient (Wildman–Crippen LogP) is 1.90. The van der Waals surface area contributed by atoms with Gasteiger partial charge in [0.15, 0.2) is 0 Å². The molecule has 90 valence electrons. The van der Waals surface area contributed by atoms with Gasteiger partial charge in [0.25, 0.3) is 0 Å². The summed E-state index contributed by atoms with van der Waals surface area (Å²) in [5.74, 6) is -0.214. The lowest BCUT2D eigenvalue weighted by Crippen LogP contribution is -2.57. The lowest BCUT2D eigenvalue weighted by atomic mass is 10.2. The Bertz CT molecular complexity index is 492. The third kappa shape index (κ3) is 2.62. The number of carbonyl (C=O) groups is 2. The van der Waals surface area contributed by atoms with Crippen LogP contribution >= 0.6 is 38.5 Å². The maximum absolute atomic E-state index is 12.0. The number of halogens is 2. The van der Waals surface area contributed by atoms with Gasteiger partial charge in [0.2, 0.25) is 11.8 Å². The van der Waals surface area contributed by atoms with Crippen LogP contribution in [-0.4, -0.2) is 24.4 Å². The van der Waals surface area contributed by atoms with E-state index in [1.165, 1.54) is 4.90 Å². The minimum atomic E-state index is -0.467. The minimum absolute atomic E-state index is 0.0790. The predicted molar refractivity (Wildman–Crippen MR) is 76.8 cm³/mol. The first-order valence-electron chi connectivity index (χ1n) is 5.05. The maximum atomic E-state index is 12.0. The monoisotopic (exact) mass is 408 g/mol. The van der Waals surface area contributed by atoms with Gasteiger partial charge in [0.05, 0.1) is 5.69 Å². The molecule has 0 aliphatic carbocycles. The van der Waals surface area contributed by atoms with E-state index in [-0.39, 0.29) is 18.4 Å². The standard InChI is InChI=1S/C11H10BrIN2O2/c1-6-11(17)15(5-10(16)14-6)9-4-7(12)2-3-8(9)13/h2-4,6H,5H2,1H3,(H,14,16). The number of carbonyl (C=O) groups excluding carboxylic acids is 2. The van der Waals surface area contributed by atoms with Crippen LogP contribution in [0.2, 0.25) is 0 Å². The summed E-state index contributed by atoms with van der Waals surface area (Å²) in [5.41, 5.74) is 0.770. The van der Waals surface area contributed by atoms with Gasteiger partial charge in [-0.1, -0.05) is 15.9 Å². The van der Waals surface area contributed by atoms with Crippen LogP contribution in [0.5, 0.6) is 0 Å². The molecule has 1 N–H and O–H groups in total. The van der Waals surface area contributed by atoms with Gasteiger partial charge in [-0.15, -0.1) is 0 Å². The third-order valence-electron chi connectivity index (χ3n) is 2.51. The molecule has 0 saturated carbocycles. The van der Waals surface area contributed by atoms with Crippen molar-refractivity contribution in [3.8, 4) is 0 Å². The number of hydrogen-bond acceptors (Lipinski definition) is 2. The highest BCUT2D eigenvalue weighted by Crippen LogP contribution is 2.27. The van der Waals surface area contributed by atoms with Crippen LogP contribution in [0.3, 0.4) is 0 Å². The maximum Gasteiger partial charge on any atom is 0.249 e. The molecule has 1 fully saturated rings. The molecule has 17 heavy (non-hydrogen) atoms. The molecule has 2 amide bonds. The Labute approximate surface area is 121 Å². The molecule has 1 aromatic carbocycles. The molecule has 1 heterocycles. The number of nitrogens with one attached hydrogen (secondary N) is 1. The van der Waals surface area contributed by atoms with E-state index in [0.717, 1.165) is 13.7 Å². The van der Waals surface area contributed by atoms with Gasteiger partial charge < -0.3 is 10.2 Å². The number of nitrogens with zero attached hydrogens (tertiary/aromatic N) is 1. The van der Waals surface area contributed by atoms with Crippen molar-refractivity contribution < 1.29 is 9.59 Å². The fourth-order valence-corrected chi connectivity index (χ4v) is 2.68. The van der Waals surface area contributed by atoms with Crippen LogP contribution in [0.4, 0.5) is 5.69 Å². The van der Waals surface area contributed by atoms with Crippen molar-refractivity contribution in [2.75, 3.05) is 11.4 Å². The molecular weight excluding hydrogens is 399 g/mol. The summed E-state index contributed by atoms with van der Waals surface area (Å²) in [7, 11) is 0.